The zero-order chi connectivity index (χ0) is 22.1. The molecule has 2 amide bonds. The highest BCUT2D eigenvalue weighted by molar-refractivity contribution is 7.89. The van der Waals surface area contributed by atoms with Crippen LogP contribution in [-0.4, -0.2) is 44.7 Å². The van der Waals surface area contributed by atoms with Gasteiger partial charge in [0.2, 0.25) is 10.0 Å². The first kappa shape index (κ1) is 24.0. The monoisotopic (exact) mass is 451 g/mol. The second kappa shape index (κ2) is 11.2. The maximum Gasteiger partial charge on any atom is 0.256 e. The molecule has 0 aliphatic heterocycles. The van der Waals surface area contributed by atoms with Crippen molar-refractivity contribution in [3.8, 4) is 0 Å². The van der Waals surface area contributed by atoms with Crippen LogP contribution in [0.5, 0.6) is 0 Å². The number of benzene rings is 1. The lowest BCUT2D eigenvalue weighted by atomic mass is 10.2. The van der Waals surface area contributed by atoms with Gasteiger partial charge >= 0.3 is 0 Å². The molecule has 0 bridgehead atoms. The van der Waals surface area contributed by atoms with Crippen LogP contribution in [-0.2, 0) is 10.0 Å². The van der Waals surface area contributed by atoms with E-state index in [2.05, 4.69) is 10.6 Å². The number of amides is 2. The van der Waals surface area contributed by atoms with Gasteiger partial charge in [0.1, 0.15) is 5.00 Å². The lowest BCUT2D eigenvalue weighted by molar-refractivity contribution is 0.0964. The molecule has 0 fully saturated rings. The van der Waals surface area contributed by atoms with Gasteiger partial charge in [0.05, 0.1) is 10.5 Å². The summed E-state index contributed by atoms with van der Waals surface area (Å²) < 4.78 is 27.6. The molecular formula is C21H29N3O4S2. The number of hydrogen-bond donors (Lipinski definition) is 2. The third-order valence-corrected chi connectivity index (χ3v) is 7.38. The summed E-state index contributed by atoms with van der Waals surface area (Å²) in [7, 11) is -2.09. The molecule has 0 aliphatic carbocycles. The fourth-order valence-electron chi connectivity index (χ4n) is 2.84. The molecule has 2 aromatic rings. The number of nitrogens with one attached hydrogen (secondary N) is 2. The van der Waals surface area contributed by atoms with Gasteiger partial charge in [0.15, 0.2) is 0 Å². The number of anilines is 1. The molecule has 30 heavy (non-hydrogen) atoms. The fraction of sp³-hybridized carbons (Fsp3) is 0.429. The van der Waals surface area contributed by atoms with Gasteiger partial charge in [0, 0.05) is 25.7 Å². The summed E-state index contributed by atoms with van der Waals surface area (Å²) in [6, 6.07) is 7.54. The minimum atomic E-state index is -3.61. The molecule has 0 saturated heterocycles. The second-order valence-electron chi connectivity index (χ2n) is 6.83. The van der Waals surface area contributed by atoms with Crippen molar-refractivity contribution in [3.05, 3.63) is 46.8 Å². The van der Waals surface area contributed by atoms with Crippen LogP contribution >= 0.6 is 11.3 Å². The SMILES string of the molecule is CCCCN(CCCC)S(=O)(=O)c1ccc(C(=O)Nc2sccc2C(=O)NC)cc1. The van der Waals surface area contributed by atoms with Gasteiger partial charge in [-0.15, -0.1) is 11.3 Å². The topological polar surface area (TPSA) is 95.6 Å². The largest absolute Gasteiger partial charge is 0.355 e. The Morgan fingerprint density at radius 2 is 1.57 bits per heavy atom. The Kier molecular flexibility index (Phi) is 9.01. The van der Waals surface area contributed by atoms with Gasteiger partial charge in [-0.25, -0.2) is 8.42 Å². The molecule has 1 aromatic heterocycles. The van der Waals surface area contributed by atoms with E-state index >= 15 is 0 Å². The highest BCUT2D eigenvalue weighted by atomic mass is 32.2. The van der Waals surface area contributed by atoms with Crippen LogP contribution in [0.3, 0.4) is 0 Å². The summed E-state index contributed by atoms with van der Waals surface area (Å²) in [4.78, 5) is 24.6. The van der Waals surface area contributed by atoms with Crippen molar-refractivity contribution in [2.24, 2.45) is 0 Å². The van der Waals surface area contributed by atoms with E-state index < -0.39 is 15.9 Å². The Morgan fingerprint density at radius 3 is 2.10 bits per heavy atom. The maximum absolute atomic E-state index is 13.0. The summed E-state index contributed by atoms with van der Waals surface area (Å²) in [6.45, 7) is 5.03. The normalized spacial score (nSPS) is 11.5. The van der Waals surface area contributed by atoms with Crippen molar-refractivity contribution in [3.63, 3.8) is 0 Å². The van der Waals surface area contributed by atoms with E-state index in [9.17, 15) is 18.0 Å². The van der Waals surface area contributed by atoms with Gasteiger partial charge in [0.25, 0.3) is 11.8 Å². The zero-order valence-electron chi connectivity index (χ0n) is 17.6. The number of carbonyl (C=O) groups is 2. The summed E-state index contributed by atoms with van der Waals surface area (Å²) in [6.07, 6.45) is 3.44. The second-order valence-corrected chi connectivity index (χ2v) is 9.69. The van der Waals surface area contributed by atoms with Crippen LogP contribution in [0.1, 0.15) is 60.2 Å². The van der Waals surface area contributed by atoms with Crippen LogP contribution < -0.4 is 10.6 Å². The molecule has 7 nitrogen and oxygen atoms in total. The van der Waals surface area contributed by atoms with Gasteiger partial charge in [-0.1, -0.05) is 26.7 Å². The fourth-order valence-corrected chi connectivity index (χ4v) is 5.14. The number of carbonyl (C=O) groups excluding carboxylic acids is 2. The Hall–Kier alpha value is -2.23. The van der Waals surface area contributed by atoms with E-state index in [1.807, 2.05) is 13.8 Å². The molecule has 0 aliphatic rings. The van der Waals surface area contributed by atoms with Crippen molar-refractivity contribution in [2.45, 2.75) is 44.4 Å². The molecule has 164 valence electrons. The van der Waals surface area contributed by atoms with Crippen molar-refractivity contribution in [1.82, 2.24) is 9.62 Å². The number of unbranched alkanes of at least 4 members (excludes halogenated alkanes) is 2. The van der Waals surface area contributed by atoms with Crippen LogP contribution in [0, 0.1) is 0 Å². The van der Waals surface area contributed by atoms with Gasteiger partial charge < -0.3 is 10.6 Å². The molecule has 0 spiro atoms. The number of hydrogen-bond acceptors (Lipinski definition) is 5. The van der Waals surface area contributed by atoms with Crippen molar-refractivity contribution in [2.75, 3.05) is 25.5 Å². The average molecular weight is 452 g/mol. The maximum atomic E-state index is 13.0. The Morgan fingerprint density at radius 1 is 0.967 bits per heavy atom. The Bertz CT molecular complexity index is 945. The summed E-state index contributed by atoms with van der Waals surface area (Å²) in [5.74, 6) is -0.687. The Labute approximate surface area is 182 Å². The molecule has 9 heteroatoms. The third-order valence-electron chi connectivity index (χ3n) is 4.64. The van der Waals surface area contributed by atoms with Crippen LogP contribution in [0.4, 0.5) is 5.00 Å². The van der Waals surface area contributed by atoms with E-state index in [1.54, 1.807) is 11.4 Å². The number of rotatable bonds is 11. The van der Waals surface area contributed by atoms with Gasteiger partial charge in [-0.2, -0.15) is 4.31 Å². The first-order chi connectivity index (χ1) is 14.3. The number of thiophene rings is 1. The lowest BCUT2D eigenvalue weighted by Gasteiger charge is -2.22. The standard InChI is InChI=1S/C21H29N3O4S2/c1-4-6-13-24(14-7-5-2)30(27,28)17-10-8-16(9-11-17)19(25)23-21-18(12-15-29-21)20(26)22-3/h8-12,15H,4-7,13-14H2,1-3H3,(H,22,26)(H,23,25). The van der Waals surface area contributed by atoms with Crippen LogP contribution in [0.15, 0.2) is 40.6 Å². The van der Waals surface area contributed by atoms with E-state index in [-0.39, 0.29) is 10.8 Å². The summed E-state index contributed by atoms with van der Waals surface area (Å²) >= 11 is 1.25. The minimum absolute atomic E-state index is 0.174. The summed E-state index contributed by atoms with van der Waals surface area (Å²) in [5.41, 5.74) is 0.705. The molecule has 0 saturated carbocycles. The zero-order valence-corrected chi connectivity index (χ0v) is 19.2. The molecule has 1 heterocycles. The average Bonchev–Trinajstić information content (AvgIpc) is 3.21. The van der Waals surface area contributed by atoms with Gasteiger partial charge in [-0.3, -0.25) is 9.59 Å². The molecule has 2 rings (SSSR count). The minimum Gasteiger partial charge on any atom is -0.355 e. The Balaban J connectivity index is 2.17. The number of nitrogens with zero attached hydrogens (tertiary/aromatic N) is 1. The first-order valence-electron chi connectivity index (χ1n) is 10.1. The predicted octanol–water partition coefficient (Wildman–Crippen LogP) is 3.95. The molecule has 1 aromatic carbocycles. The predicted molar refractivity (Wildman–Crippen MR) is 121 cm³/mol. The quantitative estimate of drug-likeness (QED) is 0.541. The van der Waals surface area contributed by atoms with E-state index in [1.165, 1.54) is 47.0 Å². The van der Waals surface area contributed by atoms with E-state index in [0.29, 0.717) is 29.2 Å². The molecule has 0 atom stereocenters. The van der Waals surface area contributed by atoms with Crippen molar-refractivity contribution >= 4 is 38.2 Å². The highest BCUT2D eigenvalue weighted by Gasteiger charge is 2.24. The summed E-state index contributed by atoms with van der Waals surface area (Å²) in [5, 5.41) is 7.41. The third kappa shape index (κ3) is 5.90. The highest BCUT2D eigenvalue weighted by Crippen LogP contribution is 2.24. The van der Waals surface area contributed by atoms with Crippen LogP contribution in [0.2, 0.25) is 0 Å². The lowest BCUT2D eigenvalue weighted by Crippen LogP contribution is -2.33. The first-order valence-corrected chi connectivity index (χ1v) is 12.4. The smallest absolute Gasteiger partial charge is 0.256 e. The van der Waals surface area contributed by atoms with E-state index in [0.717, 1.165) is 25.7 Å². The molecular weight excluding hydrogens is 422 g/mol. The van der Waals surface area contributed by atoms with Gasteiger partial charge in [-0.05, 0) is 48.6 Å². The number of sulfonamides is 1. The molecule has 2 N–H and O–H groups in total. The van der Waals surface area contributed by atoms with Crippen LogP contribution in [0.25, 0.3) is 0 Å². The molecule has 0 radical (unpaired) electrons. The van der Waals surface area contributed by atoms with Crippen molar-refractivity contribution < 1.29 is 18.0 Å². The van der Waals surface area contributed by atoms with E-state index in [4.69, 9.17) is 0 Å². The molecule has 0 unspecified atom stereocenters. The van der Waals surface area contributed by atoms with Crippen molar-refractivity contribution in [1.29, 1.82) is 0 Å².